The van der Waals surface area contributed by atoms with Gasteiger partial charge in [0.05, 0.1) is 6.54 Å². The molecule has 0 spiro atoms. The lowest BCUT2D eigenvalue weighted by atomic mass is 9.98. The third kappa shape index (κ3) is 5.37. The van der Waals surface area contributed by atoms with E-state index in [-0.39, 0.29) is 11.8 Å². The van der Waals surface area contributed by atoms with Crippen molar-refractivity contribution in [2.75, 3.05) is 37.1 Å². The molecule has 4 rings (SSSR count). The summed E-state index contributed by atoms with van der Waals surface area (Å²) in [6.07, 6.45) is 3.24. The van der Waals surface area contributed by atoms with Gasteiger partial charge in [0.25, 0.3) is 0 Å². The fourth-order valence-corrected chi connectivity index (χ4v) is 4.24. The maximum atomic E-state index is 13.4. The Morgan fingerprint density at radius 3 is 2.22 bits per heavy atom. The lowest BCUT2D eigenvalue weighted by Crippen LogP contribution is -2.38. The number of amides is 1. The maximum Gasteiger partial charge on any atom is 0.231 e. The van der Waals surface area contributed by atoms with Crippen molar-refractivity contribution in [3.63, 3.8) is 0 Å². The summed E-state index contributed by atoms with van der Waals surface area (Å²) >= 11 is 3.51. The van der Waals surface area contributed by atoms with Gasteiger partial charge in [-0.05, 0) is 53.8 Å². The van der Waals surface area contributed by atoms with E-state index in [1.807, 2.05) is 31.1 Å². The van der Waals surface area contributed by atoms with E-state index in [0.717, 1.165) is 28.4 Å². The van der Waals surface area contributed by atoms with Gasteiger partial charge in [0.2, 0.25) is 5.91 Å². The molecule has 1 aliphatic rings. The van der Waals surface area contributed by atoms with Crippen LogP contribution in [0.25, 0.3) is 11.1 Å². The summed E-state index contributed by atoms with van der Waals surface area (Å²) in [7, 11) is 4.08. The Kier molecular flexibility index (Phi) is 7.22. The van der Waals surface area contributed by atoms with Crippen molar-refractivity contribution < 1.29 is 9.53 Å². The van der Waals surface area contributed by atoms with Crippen LogP contribution in [0, 0.1) is 5.92 Å². The Labute approximate surface area is 198 Å². The molecule has 0 saturated carbocycles. The molecule has 6 heteroatoms. The second-order valence-corrected chi connectivity index (χ2v) is 9.20. The highest BCUT2D eigenvalue weighted by atomic mass is 79.9. The van der Waals surface area contributed by atoms with E-state index >= 15 is 0 Å². The molecule has 1 amide bonds. The molecule has 0 atom stereocenters. The monoisotopic (exact) mass is 493 g/mol. The quantitative estimate of drug-likeness (QED) is 0.452. The van der Waals surface area contributed by atoms with Crippen molar-refractivity contribution in [1.82, 2.24) is 4.98 Å². The number of rotatable bonds is 6. The van der Waals surface area contributed by atoms with Gasteiger partial charge < -0.3 is 9.64 Å². The van der Waals surface area contributed by atoms with Crippen LogP contribution in [0.4, 0.5) is 11.5 Å². The maximum absolute atomic E-state index is 13.4. The number of aromatic nitrogens is 1. The fourth-order valence-electron chi connectivity index (χ4n) is 3.92. The predicted octanol–water partition coefficient (Wildman–Crippen LogP) is 5.54. The number of anilines is 2. The van der Waals surface area contributed by atoms with Crippen LogP contribution in [0.5, 0.6) is 0 Å². The topological polar surface area (TPSA) is 45.7 Å². The summed E-state index contributed by atoms with van der Waals surface area (Å²) in [4.78, 5) is 21.8. The molecule has 166 valence electrons. The molecule has 0 aliphatic carbocycles. The summed E-state index contributed by atoms with van der Waals surface area (Å²) in [5, 5.41) is 0. The molecule has 0 radical (unpaired) electrons. The summed E-state index contributed by atoms with van der Waals surface area (Å²) in [6, 6.07) is 20.7. The predicted molar refractivity (Wildman–Crippen MR) is 133 cm³/mol. The van der Waals surface area contributed by atoms with Gasteiger partial charge in [-0.3, -0.25) is 9.69 Å². The summed E-state index contributed by atoms with van der Waals surface area (Å²) < 4.78 is 6.36. The van der Waals surface area contributed by atoms with Crippen LogP contribution < -0.4 is 9.80 Å². The second-order valence-electron chi connectivity index (χ2n) is 8.28. The standard InChI is InChI=1S/C26H28BrN3O2/c1-29(2)24-9-7-21(8-10-24)20-5-3-19(4-6-20)18-30(25-17-23(27)11-14-28-25)26(31)22-12-15-32-16-13-22/h3-11,14,17,22H,12-13,15-16,18H2,1-2H3. The lowest BCUT2D eigenvalue weighted by Gasteiger charge is -2.29. The third-order valence-corrected chi connectivity index (χ3v) is 6.33. The van der Waals surface area contributed by atoms with E-state index < -0.39 is 0 Å². The van der Waals surface area contributed by atoms with Crippen LogP contribution in [0.3, 0.4) is 0 Å². The Balaban J connectivity index is 1.55. The van der Waals surface area contributed by atoms with Crippen molar-refractivity contribution in [2.45, 2.75) is 19.4 Å². The number of benzene rings is 2. The molecule has 1 fully saturated rings. The van der Waals surface area contributed by atoms with Gasteiger partial charge in [0.15, 0.2) is 0 Å². The molecule has 0 unspecified atom stereocenters. The Bertz CT molecular complexity index is 1050. The number of carbonyl (C=O) groups is 1. The van der Waals surface area contributed by atoms with Crippen molar-refractivity contribution >= 4 is 33.3 Å². The SMILES string of the molecule is CN(C)c1ccc(-c2ccc(CN(C(=O)C3CCOCC3)c3cc(Br)ccn3)cc2)cc1. The zero-order valence-corrected chi connectivity index (χ0v) is 20.1. The van der Waals surface area contributed by atoms with Gasteiger partial charge in [0.1, 0.15) is 5.82 Å². The Morgan fingerprint density at radius 2 is 1.62 bits per heavy atom. The Hall–Kier alpha value is -2.70. The highest BCUT2D eigenvalue weighted by Gasteiger charge is 2.28. The van der Waals surface area contributed by atoms with E-state index in [1.165, 1.54) is 11.3 Å². The largest absolute Gasteiger partial charge is 0.381 e. The molecule has 5 nitrogen and oxygen atoms in total. The summed E-state index contributed by atoms with van der Waals surface area (Å²) in [5.41, 5.74) is 4.57. The Morgan fingerprint density at radius 1 is 1.00 bits per heavy atom. The molecule has 2 heterocycles. The molecule has 1 aliphatic heterocycles. The summed E-state index contributed by atoms with van der Waals surface area (Å²) in [5.74, 6) is 0.750. The molecule has 0 N–H and O–H groups in total. The molecule has 1 saturated heterocycles. The van der Waals surface area contributed by atoms with Crippen molar-refractivity contribution in [2.24, 2.45) is 5.92 Å². The smallest absolute Gasteiger partial charge is 0.231 e. The van der Waals surface area contributed by atoms with Gasteiger partial charge in [0, 0.05) is 49.6 Å². The number of carbonyl (C=O) groups excluding carboxylic acids is 1. The molecular weight excluding hydrogens is 466 g/mol. The number of pyridine rings is 1. The minimum absolute atomic E-state index is 0.0287. The van der Waals surface area contributed by atoms with Crippen molar-refractivity contribution in [3.8, 4) is 11.1 Å². The first-order valence-electron chi connectivity index (χ1n) is 10.9. The number of halogens is 1. The van der Waals surface area contributed by atoms with Crippen LogP contribution in [0.1, 0.15) is 18.4 Å². The minimum atomic E-state index is -0.0287. The van der Waals surface area contributed by atoms with Crippen LogP contribution >= 0.6 is 15.9 Å². The van der Waals surface area contributed by atoms with E-state index in [0.29, 0.717) is 25.6 Å². The van der Waals surface area contributed by atoms with Crippen LogP contribution in [-0.4, -0.2) is 38.2 Å². The normalized spacial score (nSPS) is 14.2. The van der Waals surface area contributed by atoms with Gasteiger partial charge in [-0.15, -0.1) is 0 Å². The second kappa shape index (κ2) is 10.3. The third-order valence-electron chi connectivity index (χ3n) is 5.83. The van der Waals surface area contributed by atoms with E-state index in [9.17, 15) is 4.79 Å². The average molecular weight is 494 g/mol. The van der Waals surface area contributed by atoms with Gasteiger partial charge in [-0.25, -0.2) is 4.98 Å². The van der Waals surface area contributed by atoms with E-state index in [1.54, 1.807) is 6.20 Å². The van der Waals surface area contributed by atoms with Gasteiger partial charge in [-0.1, -0.05) is 52.3 Å². The van der Waals surface area contributed by atoms with E-state index in [2.05, 4.69) is 74.3 Å². The molecule has 1 aromatic heterocycles. The molecule has 2 aromatic carbocycles. The lowest BCUT2D eigenvalue weighted by molar-refractivity contribution is -0.125. The number of nitrogens with zero attached hydrogens (tertiary/aromatic N) is 3. The summed E-state index contributed by atoms with van der Waals surface area (Å²) in [6.45, 7) is 1.76. The van der Waals surface area contributed by atoms with Crippen molar-refractivity contribution in [3.05, 3.63) is 76.9 Å². The van der Waals surface area contributed by atoms with Crippen LogP contribution in [0.15, 0.2) is 71.3 Å². The van der Waals surface area contributed by atoms with Crippen LogP contribution in [0.2, 0.25) is 0 Å². The minimum Gasteiger partial charge on any atom is -0.381 e. The average Bonchev–Trinajstić information content (AvgIpc) is 2.83. The van der Waals surface area contributed by atoms with Crippen LogP contribution in [-0.2, 0) is 16.1 Å². The fraction of sp³-hybridized carbons (Fsp3) is 0.308. The molecular formula is C26H28BrN3O2. The first-order chi connectivity index (χ1) is 15.5. The number of ether oxygens (including phenoxy) is 1. The van der Waals surface area contributed by atoms with E-state index in [4.69, 9.17) is 4.74 Å². The molecule has 32 heavy (non-hydrogen) atoms. The number of hydrogen-bond donors (Lipinski definition) is 0. The number of hydrogen-bond acceptors (Lipinski definition) is 4. The molecule has 0 bridgehead atoms. The van der Waals surface area contributed by atoms with Gasteiger partial charge >= 0.3 is 0 Å². The zero-order chi connectivity index (χ0) is 22.5. The first kappa shape index (κ1) is 22.5. The highest BCUT2D eigenvalue weighted by Crippen LogP contribution is 2.27. The first-order valence-corrected chi connectivity index (χ1v) is 11.7. The van der Waals surface area contributed by atoms with Crippen molar-refractivity contribution in [1.29, 1.82) is 0 Å². The van der Waals surface area contributed by atoms with Gasteiger partial charge in [-0.2, -0.15) is 0 Å². The molecule has 3 aromatic rings. The zero-order valence-electron chi connectivity index (χ0n) is 18.5. The highest BCUT2D eigenvalue weighted by molar-refractivity contribution is 9.10.